The molecule has 0 fully saturated rings. The Hall–Kier alpha value is -3.99. The van der Waals surface area contributed by atoms with Crippen molar-refractivity contribution in [3.05, 3.63) is 63.1 Å². The molecule has 4 rings (SSSR count). The molecule has 0 bridgehead atoms. The van der Waals surface area contributed by atoms with E-state index < -0.39 is 22.0 Å². The molecule has 0 spiro atoms. The highest BCUT2D eigenvalue weighted by Gasteiger charge is 2.38. The SMILES string of the molecule is CS(=O)(=O)CCn1cccc(Nc2nc(Nc3ccc4c(c3)CCC(=O)N4)ncc2Br)c1=O.O=C(O)C(F)(F)F. The number of rotatable bonds is 7. The van der Waals surface area contributed by atoms with Gasteiger partial charge in [0.05, 0.1) is 10.2 Å². The molecular weight excluding hydrogens is 625 g/mol. The summed E-state index contributed by atoms with van der Waals surface area (Å²) in [6.07, 6.45) is 0.244. The Labute approximate surface area is 233 Å². The van der Waals surface area contributed by atoms with E-state index in [4.69, 9.17) is 9.90 Å². The number of fused-ring (bicyclic) bond motifs is 1. The lowest BCUT2D eigenvalue weighted by molar-refractivity contribution is -0.192. The highest BCUT2D eigenvalue weighted by molar-refractivity contribution is 9.10. The van der Waals surface area contributed by atoms with Crippen molar-refractivity contribution in [1.82, 2.24) is 14.5 Å². The fourth-order valence-electron chi connectivity index (χ4n) is 3.31. The van der Waals surface area contributed by atoms with Crippen LogP contribution in [0.5, 0.6) is 0 Å². The lowest BCUT2D eigenvalue weighted by Crippen LogP contribution is -2.25. The van der Waals surface area contributed by atoms with Gasteiger partial charge in [0, 0.05) is 43.0 Å². The molecule has 40 heavy (non-hydrogen) atoms. The first-order valence-electron chi connectivity index (χ1n) is 11.3. The summed E-state index contributed by atoms with van der Waals surface area (Å²) in [6.45, 7) is 0.0592. The summed E-state index contributed by atoms with van der Waals surface area (Å²) in [5.41, 5.74) is 2.47. The van der Waals surface area contributed by atoms with Crippen molar-refractivity contribution >= 4 is 66.5 Å². The first kappa shape index (κ1) is 30.6. The van der Waals surface area contributed by atoms with Crippen LogP contribution >= 0.6 is 15.9 Å². The molecule has 0 saturated carbocycles. The first-order chi connectivity index (χ1) is 18.6. The minimum absolute atomic E-state index is 0.00598. The molecule has 1 aliphatic heterocycles. The Morgan fingerprint density at radius 3 is 2.55 bits per heavy atom. The number of benzene rings is 1. The normalized spacial score (nSPS) is 12.9. The van der Waals surface area contributed by atoms with Gasteiger partial charge in [0.15, 0.2) is 5.82 Å². The molecule has 0 aliphatic carbocycles. The number of amides is 1. The van der Waals surface area contributed by atoms with Crippen LogP contribution in [0.25, 0.3) is 0 Å². The van der Waals surface area contributed by atoms with Crippen molar-refractivity contribution in [2.75, 3.05) is 28.0 Å². The number of hydrogen-bond donors (Lipinski definition) is 4. The molecule has 17 heteroatoms. The zero-order valence-corrected chi connectivity index (χ0v) is 23.0. The molecule has 1 aliphatic rings. The number of aryl methyl sites for hydroxylation is 2. The van der Waals surface area contributed by atoms with Crippen LogP contribution in [0.1, 0.15) is 12.0 Å². The molecule has 214 valence electrons. The molecule has 0 unspecified atom stereocenters. The van der Waals surface area contributed by atoms with E-state index in [0.29, 0.717) is 29.1 Å². The first-order valence-corrected chi connectivity index (χ1v) is 14.1. The summed E-state index contributed by atoms with van der Waals surface area (Å²) < 4.78 is 56.5. The Kier molecular flexibility index (Phi) is 9.52. The second-order valence-corrected chi connectivity index (χ2v) is 11.5. The zero-order chi connectivity index (χ0) is 29.7. The monoisotopic (exact) mass is 646 g/mol. The van der Waals surface area contributed by atoms with Crippen LogP contribution < -0.4 is 21.5 Å². The predicted octanol–water partition coefficient (Wildman–Crippen LogP) is 3.45. The maximum Gasteiger partial charge on any atom is 0.490 e. The predicted molar refractivity (Wildman–Crippen MR) is 144 cm³/mol. The van der Waals surface area contributed by atoms with Gasteiger partial charge in [0.1, 0.15) is 15.5 Å². The van der Waals surface area contributed by atoms with Gasteiger partial charge in [-0.15, -0.1) is 0 Å². The smallest absolute Gasteiger partial charge is 0.475 e. The molecule has 4 N–H and O–H groups in total. The fourth-order valence-corrected chi connectivity index (χ4v) is 4.12. The molecule has 1 amide bonds. The van der Waals surface area contributed by atoms with E-state index in [0.717, 1.165) is 23.2 Å². The molecule has 12 nitrogen and oxygen atoms in total. The van der Waals surface area contributed by atoms with E-state index in [2.05, 4.69) is 41.8 Å². The van der Waals surface area contributed by atoms with Gasteiger partial charge >= 0.3 is 12.1 Å². The lowest BCUT2D eigenvalue weighted by Gasteiger charge is -2.18. The largest absolute Gasteiger partial charge is 0.490 e. The average molecular weight is 647 g/mol. The number of pyridine rings is 1. The number of carboxylic acid groups (broad SMARTS) is 1. The van der Waals surface area contributed by atoms with E-state index >= 15 is 0 Å². The molecule has 2 aromatic heterocycles. The summed E-state index contributed by atoms with van der Waals surface area (Å²) >= 11 is 3.38. The number of halogens is 4. The van der Waals surface area contributed by atoms with Crippen molar-refractivity contribution < 1.29 is 36.3 Å². The van der Waals surface area contributed by atoms with Crippen LogP contribution in [0, 0.1) is 0 Å². The number of anilines is 5. The van der Waals surface area contributed by atoms with Crippen LogP contribution in [-0.4, -0.2) is 58.1 Å². The van der Waals surface area contributed by atoms with E-state index in [9.17, 15) is 31.2 Å². The van der Waals surface area contributed by atoms with Crippen molar-refractivity contribution in [2.45, 2.75) is 25.6 Å². The van der Waals surface area contributed by atoms with Gasteiger partial charge in [0.25, 0.3) is 5.56 Å². The van der Waals surface area contributed by atoms with Crippen LogP contribution in [0.4, 0.5) is 42.0 Å². The fraction of sp³-hybridized carbons (Fsp3) is 0.261. The number of nitrogens with one attached hydrogen (secondary N) is 3. The van der Waals surface area contributed by atoms with Crippen molar-refractivity contribution in [2.24, 2.45) is 0 Å². The van der Waals surface area contributed by atoms with Crippen molar-refractivity contribution in [1.29, 1.82) is 0 Å². The van der Waals surface area contributed by atoms with Crippen LogP contribution in [0.15, 0.2) is 52.0 Å². The summed E-state index contributed by atoms with van der Waals surface area (Å²) in [5.74, 6) is -2.20. The number of carboxylic acids is 1. The molecule has 0 radical (unpaired) electrons. The number of carbonyl (C=O) groups excluding carboxylic acids is 1. The number of carbonyl (C=O) groups is 2. The minimum atomic E-state index is -5.08. The van der Waals surface area contributed by atoms with Gasteiger partial charge in [-0.3, -0.25) is 9.59 Å². The summed E-state index contributed by atoms with van der Waals surface area (Å²) in [5, 5.41) is 16.1. The third-order valence-electron chi connectivity index (χ3n) is 5.22. The number of sulfone groups is 1. The van der Waals surface area contributed by atoms with E-state index in [1.807, 2.05) is 18.2 Å². The van der Waals surface area contributed by atoms with Crippen molar-refractivity contribution in [3.63, 3.8) is 0 Å². The van der Waals surface area contributed by atoms with Crippen LogP contribution in [0.3, 0.4) is 0 Å². The molecule has 1 aromatic carbocycles. The Balaban J connectivity index is 0.000000559. The Bertz CT molecular complexity index is 1600. The Morgan fingerprint density at radius 1 is 1.20 bits per heavy atom. The summed E-state index contributed by atoms with van der Waals surface area (Å²) in [6, 6.07) is 8.84. The number of alkyl halides is 3. The van der Waals surface area contributed by atoms with Gasteiger partial charge in [0.2, 0.25) is 11.9 Å². The molecule has 3 aromatic rings. The third kappa shape index (κ3) is 8.77. The lowest BCUT2D eigenvalue weighted by atomic mass is 10.0. The average Bonchev–Trinajstić information content (AvgIpc) is 2.86. The van der Waals surface area contributed by atoms with E-state index in [1.165, 1.54) is 4.57 Å². The number of aromatic nitrogens is 3. The highest BCUT2D eigenvalue weighted by atomic mass is 79.9. The summed E-state index contributed by atoms with van der Waals surface area (Å²) in [4.78, 5) is 41.9. The van der Waals surface area contributed by atoms with Gasteiger partial charge in [-0.2, -0.15) is 18.2 Å². The number of nitrogens with zero attached hydrogens (tertiary/aromatic N) is 3. The van der Waals surface area contributed by atoms with Crippen LogP contribution in [-0.2, 0) is 32.4 Å². The van der Waals surface area contributed by atoms with Crippen molar-refractivity contribution in [3.8, 4) is 0 Å². The summed E-state index contributed by atoms with van der Waals surface area (Å²) in [7, 11) is -3.20. The molecular formula is C23H22BrF3N6O6S. The van der Waals surface area contributed by atoms with Gasteiger partial charge < -0.3 is 25.6 Å². The van der Waals surface area contributed by atoms with E-state index in [1.54, 1.807) is 24.5 Å². The standard InChI is InChI=1S/C21H21BrN6O4S.C2HF3O2/c1-33(31,32)10-9-28-8-2-3-17(20(28)30)26-19-15(22)12-23-21(27-19)24-14-5-6-16-13(11-14)4-7-18(29)25-16;3-2(4,5)1(6)7/h2-3,5-6,8,11-12H,4,7,9-10H2,1H3,(H,25,29)(H2,23,24,26,27);(H,6,7). The van der Waals surface area contributed by atoms with Gasteiger partial charge in [-0.1, -0.05) is 0 Å². The van der Waals surface area contributed by atoms with Crippen LogP contribution in [0.2, 0.25) is 0 Å². The Morgan fingerprint density at radius 2 is 1.90 bits per heavy atom. The minimum Gasteiger partial charge on any atom is -0.475 e. The maximum absolute atomic E-state index is 12.7. The quantitative estimate of drug-likeness (QED) is 0.298. The topological polar surface area (TPSA) is 172 Å². The van der Waals surface area contributed by atoms with Gasteiger partial charge in [-0.05, 0) is 58.2 Å². The highest BCUT2D eigenvalue weighted by Crippen LogP contribution is 2.28. The van der Waals surface area contributed by atoms with Gasteiger partial charge in [-0.25, -0.2) is 18.2 Å². The zero-order valence-electron chi connectivity index (χ0n) is 20.6. The third-order valence-corrected chi connectivity index (χ3v) is 6.72. The number of aliphatic carboxylic acids is 1. The second kappa shape index (κ2) is 12.5. The molecule has 0 atom stereocenters. The van der Waals surface area contributed by atoms with E-state index in [-0.39, 0.29) is 29.5 Å². The number of hydrogen-bond acceptors (Lipinski definition) is 9. The molecule has 3 heterocycles. The molecule has 0 saturated heterocycles. The maximum atomic E-state index is 12.7. The second-order valence-electron chi connectivity index (χ2n) is 8.41.